The lowest BCUT2D eigenvalue weighted by Crippen LogP contribution is -2.37. The zero-order valence-electron chi connectivity index (χ0n) is 15.9. The van der Waals surface area contributed by atoms with Gasteiger partial charge in [0, 0.05) is 38.4 Å². The van der Waals surface area contributed by atoms with Gasteiger partial charge < -0.3 is 14.5 Å². The minimum atomic E-state index is -0.0314. The first kappa shape index (κ1) is 18.7. The molecular formula is C22H23N3O2S. The van der Waals surface area contributed by atoms with Gasteiger partial charge in [-0.2, -0.15) is 0 Å². The molecule has 1 aliphatic rings. The summed E-state index contributed by atoms with van der Waals surface area (Å²) in [6.07, 6.45) is 3.41. The van der Waals surface area contributed by atoms with E-state index in [0.29, 0.717) is 6.54 Å². The monoisotopic (exact) mass is 393 g/mol. The fourth-order valence-corrected chi connectivity index (χ4v) is 4.19. The van der Waals surface area contributed by atoms with Gasteiger partial charge in [0.1, 0.15) is 5.01 Å². The van der Waals surface area contributed by atoms with Crippen LogP contribution >= 0.6 is 11.3 Å². The largest absolute Gasteiger partial charge is 0.378 e. The Labute approximate surface area is 168 Å². The second kappa shape index (κ2) is 8.54. The quantitative estimate of drug-likeness (QED) is 0.619. The number of para-hydroxylation sites is 2. The van der Waals surface area contributed by atoms with Gasteiger partial charge in [-0.1, -0.05) is 30.3 Å². The highest BCUT2D eigenvalue weighted by Crippen LogP contribution is 2.24. The van der Waals surface area contributed by atoms with E-state index in [9.17, 15) is 4.79 Å². The smallest absolute Gasteiger partial charge is 0.246 e. The number of rotatable bonds is 5. The average molecular weight is 394 g/mol. The van der Waals surface area contributed by atoms with Crippen molar-refractivity contribution in [1.29, 1.82) is 0 Å². The maximum absolute atomic E-state index is 12.6. The molecule has 0 saturated carbocycles. The van der Waals surface area contributed by atoms with Gasteiger partial charge in [-0.3, -0.25) is 4.79 Å². The first-order valence-electron chi connectivity index (χ1n) is 9.40. The normalized spacial score (nSPS) is 14.7. The summed E-state index contributed by atoms with van der Waals surface area (Å²) in [6.45, 7) is 3.82. The molecule has 5 nitrogen and oxygen atoms in total. The number of benzene rings is 2. The van der Waals surface area contributed by atoms with Crippen LogP contribution in [0.15, 0.2) is 54.6 Å². The number of nitrogens with zero attached hydrogens (tertiary/aromatic N) is 3. The van der Waals surface area contributed by atoms with Gasteiger partial charge in [0.05, 0.1) is 23.4 Å². The molecule has 0 spiro atoms. The zero-order chi connectivity index (χ0) is 19.3. The lowest BCUT2D eigenvalue weighted by molar-refractivity contribution is -0.125. The molecule has 1 saturated heterocycles. The Hall–Kier alpha value is -2.70. The zero-order valence-corrected chi connectivity index (χ0v) is 16.7. The second-order valence-electron chi connectivity index (χ2n) is 6.78. The number of hydrogen-bond acceptors (Lipinski definition) is 5. The lowest BCUT2D eigenvalue weighted by atomic mass is 10.1. The Morgan fingerprint density at radius 1 is 1.18 bits per heavy atom. The van der Waals surface area contributed by atoms with E-state index in [0.717, 1.165) is 47.1 Å². The summed E-state index contributed by atoms with van der Waals surface area (Å²) in [6, 6.07) is 16.3. The standard InChI is InChI=1S/C22H23N3O2S/c1-24(16-17-6-2-4-8-19(17)25-12-14-27-15-13-25)22(26)11-10-21-23-18-7-3-5-9-20(18)28-21/h2-11H,12-16H2,1H3/b11-10+. The molecule has 0 radical (unpaired) electrons. The number of anilines is 1. The van der Waals surface area contributed by atoms with E-state index in [1.807, 2.05) is 43.4 Å². The fraction of sp³-hybridized carbons (Fsp3) is 0.273. The molecule has 4 rings (SSSR count). The van der Waals surface area contributed by atoms with Gasteiger partial charge >= 0.3 is 0 Å². The minimum absolute atomic E-state index is 0.0314. The molecule has 0 unspecified atom stereocenters. The molecule has 2 heterocycles. The van der Waals surface area contributed by atoms with E-state index in [1.54, 1.807) is 28.4 Å². The third kappa shape index (κ3) is 4.24. The van der Waals surface area contributed by atoms with Crippen molar-refractivity contribution < 1.29 is 9.53 Å². The molecule has 0 N–H and O–H groups in total. The highest BCUT2D eigenvalue weighted by atomic mass is 32.1. The average Bonchev–Trinajstić information content (AvgIpc) is 3.16. The number of amides is 1. The molecule has 0 aliphatic carbocycles. The number of morpholine rings is 1. The van der Waals surface area contributed by atoms with E-state index in [2.05, 4.69) is 22.0 Å². The summed E-state index contributed by atoms with van der Waals surface area (Å²) in [4.78, 5) is 21.2. The predicted octanol–water partition coefficient (Wildman–Crippen LogP) is 3.80. The summed E-state index contributed by atoms with van der Waals surface area (Å²) in [5, 5.41) is 0.844. The number of carbonyl (C=O) groups is 1. The van der Waals surface area contributed by atoms with Crippen LogP contribution in [-0.4, -0.2) is 49.1 Å². The maximum Gasteiger partial charge on any atom is 0.246 e. The number of fused-ring (bicyclic) bond motifs is 1. The first-order chi connectivity index (χ1) is 13.7. The lowest BCUT2D eigenvalue weighted by Gasteiger charge is -2.31. The van der Waals surface area contributed by atoms with Crippen molar-refractivity contribution >= 4 is 39.2 Å². The molecule has 6 heteroatoms. The van der Waals surface area contributed by atoms with Crippen LogP contribution in [0.25, 0.3) is 16.3 Å². The third-order valence-electron chi connectivity index (χ3n) is 4.81. The van der Waals surface area contributed by atoms with Crippen molar-refractivity contribution in [3.8, 4) is 0 Å². The minimum Gasteiger partial charge on any atom is -0.378 e. The van der Waals surface area contributed by atoms with Crippen molar-refractivity contribution in [3.63, 3.8) is 0 Å². The number of likely N-dealkylation sites (N-methyl/N-ethyl adjacent to an activating group) is 1. The molecule has 1 fully saturated rings. The Balaban J connectivity index is 1.44. The molecule has 3 aromatic rings. The summed E-state index contributed by atoms with van der Waals surface area (Å²) >= 11 is 1.59. The number of thiazole rings is 1. The van der Waals surface area contributed by atoms with Crippen LogP contribution in [0, 0.1) is 0 Å². The Bertz CT molecular complexity index is 959. The first-order valence-corrected chi connectivity index (χ1v) is 10.2. The van der Waals surface area contributed by atoms with Crippen LogP contribution < -0.4 is 4.90 Å². The van der Waals surface area contributed by atoms with Crippen molar-refractivity contribution in [2.45, 2.75) is 6.54 Å². The summed E-state index contributed by atoms with van der Waals surface area (Å²) in [7, 11) is 1.83. The molecule has 144 valence electrons. The molecular weight excluding hydrogens is 370 g/mol. The van der Waals surface area contributed by atoms with Gasteiger partial charge in [-0.15, -0.1) is 11.3 Å². The third-order valence-corrected chi connectivity index (χ3v) is 5.81. The highest BCUT2D eigenvalue weighted by Gasteiger charge is 2.16. The van der Waals surface area contributed by atoms with Crippen LogP contribution in [0.4, 0.5) is 5.69 Å². The SMILES string of the molecule is CN(Cc1ccccc1N1CCOCC1)C(=O)/C=C/c1nc2ccccc2s1. The fourth-order valence-electron chi connectivity index (χ4n) is 3.32. The van der Waals surface area contributed by atoms with Crippen molar-refractivity contribution in [3.05, 3.63) is 65.2 Å². The van der Waals surface area contributed by atoms with Crippen LogP contribution in [0.5, 0.6) is 0 Å². The summed E-state index contributed by atoms with van der Waals surface area (Å²) in [5.74, 6) is -0.0314. The number of hydrogen-bond donors (Lipinski definition) is 0. The van der Waals surface area contributed by atoms with Crippen LogP contribution in [0.2, 0.25) is 0 Å². The molecule has 1 aromatic heterocycles. The molecule has 1 aliphatic heterocycles. The Morgan fingerprint density at radius 2 is 1.93 bits per heavy atom. The van der Waals surface area contributed by atoms with Gasteiger partial charge in [0.25, 0.3) is 0 Å². The molecule has 1 amide bonds. The van der Waals surface area contributed by atoms with E-state index >= 15 is 0 Å². The highest BCUT2D eigenvalue weighted by molar-refractivity contribution is 7.19. The van der Waals surface area contributed by atoms with Gasteiger partial charge in [-0.05, 0) is 29.8 Å². The number of aromatic nitrogens is 1. The van der Waals surface area contributed by atoms with E-state index in [1.165, 1.54) is 5.69 Å². The van der Waals surface area contributed by atoms with E-state index in [4.69, 9.17) is 4.74 Å². The Morgan fingerprint density at radius 3 is 2.75 bits per heavy atom. The summed E-state index contributed by atoms with van der Waals surface area (Å²) < 4.78 is 6.58. The molecule has 2 aromatic carbocycles. The number of carbonyl (C=O) groups excluding carboxylic acids is 1. The van der Waals surface area contributed by atoms with E-state index < -0.39 is 0 Å². The molecule has 28 heavy (non-hydrogen) atoms. The van der Waals surface area contributed by atoms with Gasteiger partial charge in [0.15, 0.2) is 0 Å². The van der Waals surface area contributed by atoms with Crippen molar-refractivity contribution in [2.75, 3.05) is 38.3 Å². The van der Waals surface area contributed by atoms with Gasteiger partial charge in [0.2, 0.25) is 5.91 Å². The molecule has 0 bridgehead atoms. The van der Waals surface area contributed by atoms with Crippen LogP contribution in [0.3, 0.4) is 0 Å². The number of ether oxygens (including phenoxy) is 1. The van der Waals surface area contributed by atoms with Crippen molar-refractivity contribution in [2.24, 2.45) is 0 Å². The van der Waals surface area contributed by atoms with Crippen molar-refractivity contribution in [1.82, 2.24) is 9.88 Å². The Kier molecular flexibility index (Phi) is 5.69. The van der Waals surface area contributed by atoms with Crippen LogP contribution in [-0.2, 0) is 16.1 Å². The summed E-state index contributed by atoms with van der Waals surface area (Å²) in [5.41, 5.74) is 3.29. The van der Waals surface area contributed by atoms with Gasteiger partial charge in [-0.25, -0.2) is 4.98 Å². The predicted molar refractivity (Wildman–Crippen MR) is 115 cm³/mol. The maximum atomic E-state index is 12.6. The van der Waals surface area contributed by atoms with Crippen LogP contribution in [0.1, 0.15) is 10.6 Å². The van der Waals surface area contributed by atoms with E-state index in [-0.39, 0.29) is 5.91 Å². The second-order valence-corrected chi connectivity index (χ2v) is 7.84. The molecule has 0 atom stereocenters. The topological polar surface area (TPSA) is 45.7 Å².